The molecule has 1 fully saturated rings. The van der Waals surface area contributed by atoms with Crippen molar-refractivity contribution in [3.05, 3.63) is 16.0 Å². The van der Waals surface area contributed by atoms with Crippen LogP contribution in [0.5, 0.6) is 0 Å². The lowest BCUT2D eigenvalue weighted by Crippen LogP contribution is -2.46. The number of carbonyl (C=O) groups excluding carboxylic acids is 1. The van der Waals surface area contributed by atoms with Crippen molar-refractivity contribution in [2.75, 3.05) is 23.4 Å². The third-order valence-electron chi connectivity index (χ3n) is 4.10. The van der Waals surface area contributed by atoms with E-state index in [2.05, 4.69) is 23.6 Å². The van der Waals surface area contributed by atoms with Gasteiger partial charge in [0.15, 0.2) is 0 Å². The summed E-state index contributed by atoms with van der Waals surface area (Å²) in [4.78, 5) is 13.6. The average Bonchev–Trinajstić information content (AvgIpc) is 2.84. The predicted octanol–water partition coefficient (Wildman–Crippen LogP) is 2.39. The van der Waals surface area contributed by atoms with Gasteiger partial charge < -0.3 is 10.6 Å². The van der Waals surface area contributed by atoms with Gasteiger partial charge >= 0.3 is 0 Å². The Kier molecular flexibility index (Phi) is 4.53. The lowest BCUT2D eigenvalue weighted by Gasteiger charge is -2.21. The summed E-state index contributed by atoms with van der Waals surface area (Å²) in [7, 11) is 0. The lowest BCUT2D eigenvalue weighted by molar-refractivity contribution is -0.117. The summed E-state index contributed by atoms with van der Waals surface area (Å²) < 4.78 is 0. The molecule has 2 aliphatic rings. The normalized spacial score (nSPS) is 25.0. The van der Waals surface area contributed by atoms with Gasteiger partial charge in [0, 0.05) is 22.9 Å². The molecule has 0 spiro atoms. The highest BCUT2D eigenvalue weighted by Gasteiger charge is 2.27. The smallest absolute Gasteiger partial charge is 0.243 e. The van der Waals surface area contributed by atoms with E-state index in [-0.39, 0.29) is 11.9 Å². The number of hydrogen-bond acceptors (Lipinski definition) is 5. The third-order valence-corrected chi connectivity index (χ3v) is 6.33. The van der Waals surface area contributed by atoms with Gasteiger partial charge in [-0.2, -0.15) is 17.0 Å². The van der Waals surface area contributed by atoms with Gasteiger partial charge in [-0.1, -0.05) is 6.92 Å². The minimum Gasteiger partial charge on any atom is -0.315 e. The molecule has 4 nitrogen and oxygen atoms in total. The van der Waals surface area contributed by atoms with Crippen molar-refractivity contribution in [3.8, 4) is 6.07 Å². The standard InChI is InChI=1S/C15H19N3OS2/c1-9-2-3-10-11(7-16)15(21-13(10)6-9)18-14(19)12-8-20-5-4-17-12/h9,12,17H,2-6,8H2,1H3,(H,18,19). The first-order valence-corrected chi connectivity index (χ1v) is 9.32. The molecule has 0 aromatic carbocycles. The van der Waals surface area contributed by atoms with Crippen LogP contribution in [-0.2, 0) is 17.6 Å². The zero-order valence-corrected chi connectivity index (χ0v) is 13.7. The summed E-state index contributed by atoms with van der Waals surface area (Å²) in [5, 5.41) is 16.4. The van der Waals surface area contributed by atoms with Crippen molar-refractivity contribution in [1.82, 2.24) is 5.32 Å². The minimum absolute atomic E-state index is 0.00894. The molecule has 112 valence electrons. The number of nitrogens with zero attached hydrogens (tertiary/aromatic N) is 1. The van der Waals surface area contributed by atoms with Gasteiger partial charge in [0.05, 0.1) is 11.6 Å². The van der Waals surface area contributed by atoms with Crippen LogP contribution in [-0.4, -0.2) is 30.0 Å². The number of anilines is 1. The number of fused-ring (bicyclic) bond motifs is 1. The fraction of sp³-hybridized carbons (Fsp3) is 0.600. The van der Waals surface area contributed by atoms with Crippen LogP contribution in [0.4, 0.5) is 5.00 Å². The van der Waals surface area contributed by atoms with Crippen LogP contribution in [0.3, 0.4) is 0 Å². The van der Waals surface area contributed by atoms with Gasteiger partial charge in [-0.25, -0.2) is 0 Å². The molecule has 1 amide bonds. The maximum absolute atomic E-state index is 12.3. The van der Waals surface area contributed by atoms with Crippen molar-refractivity contribution < 1.29 is 4.79 Å². The zero-order valence-electron chi connectivity index (χ0n) is 12.1. The number of thioether (sulfide) groups is 1. The molecule has 1 aliphatic carbocycles. The number of hydrogen-bond donors (Lipinski definition) is 2. The Labute approximate surface area is 133 Å². The highest BCUT2D eigenvalue weighted by Crippen LogP contribution is 2.39. The van der Waals surface area contributed by atoms with Crippen molar-refractivity contribution in [2.24, 2.45) is 5.92 Å². The van der Waals surface area contributed by atoms with Crippen molar-refractivity contribution in [3.63, 3.8) is 0 Å². The molecule has 0 bridgehead atoms. The highest BCUT2D eigenvalue weighted by molar-refractivity contribution is 7.99. The number of thiophene rings is 1. The van der Waals surface area contributed by atoms with E-state index in [0.717, 1.165) is 42.3 Å². The molecule has 0 radical (unpaired) electrons. The maximum atomic E-state index is 12.3. The lowest BCUT2D eigenvalue weighted by atomic mass is 9.88. The Morgan fingerprint density at radius 2 is 2.38 bits per heavy atom. The molecule has 0 saturated carbocycles. The van der Waals surface area contributed by atoms with Crippen molar-refractivity contribution in [2.45, 2.75) is 32.2 Å². The SMILES string of the molecule is CC1CCc2c(sc(NC(=O)C3CSCCN3)c2C#N)C1. The monoisotopic (exact) mass is 321 g/mol. The Balaban J connectivity index is 1.79. The van der Waals surface area contributed by atoms with E-state index >= 15 is 0 Å². The van der Waals surface area contributed by atoms with Crippen LogP contribution < -0.4 is 10.6 Å². The molecule has 3 rings (SSSR count). The van der Waals surface area contributed by atoms with Crippen molar-refractivity contribution in [1.29, 1.82) is 5.26 Å². The summed E-state index contributed by atoms with van der Waals surface area (Å²) in [5.41, 5.74) is 1.86. The quantitative estimate of drug-likeness (QED) is 0.878. The Bertz CT molecular complexity index is 584. The molecular formula is C15H19N3OS2. The van der Waals surface area contributed by atoms with Crippen LogP contribution in [0.25, 0.3) is 0 Å². The van der Waals surface area contributed by atoms with E-state index in [9.17, 15) is 10.1 Å². The molecule has 2 heterocycles. The van der Waals surface area contributed by atoms with E-state index in [1.54, 1.807) is 23.1 Å². The molecule has 2 atom stereocenters. The second kappa shape index (κ2) is 6.39. The fourth-order valence-corrected chi connectivity index (χ4v) is 5.19. The first-order chi connectivity index (χ1) is 10.2. The van der Waals surface area contributed by atoms with Crippen LogP contribution >= 0.6 is 23.1 Å². The van der Waals surface area contributed by atoms with Gasteiger partial charge in [0.2, 0.25) is 5.91 Å². The van der Waals surface area contributed by atoms with Crippen LogP contribution in [0.2, 0.25) is 0 Å². The second-order valence-corrected chi connectivity index (χ2v) is 7.99. The van der Waals surface area contributed by atoms with Crippen LogP contribution in [0.1, 0.15) is 29.3 Å². The fourth-order valence-electron chi connectivity index (χ4n) is 2.89. The van der Waals surface area contributed by atoms with E-state index in [4.69, 9.17) is 0 Å². The molecule has 2 unspecified atom stereocenters. The number of rotatable bonds is 2. The van der Waals surface area contributed by atoms with Gasteiger partial charge in [-0.3, -0.25) is 4.79 Å². The summed E-state index contributed by atoms with van der Waals surface area (Å²) in [6.07, 6.45) is 3.12. The molecule has 1 aliphatic heterocycles. The van der Waals surface area contributed by atoms with E-state index < -0.39 is 0 Å². The highest BCUT2D eigenvalue weighted by atomic mass is 32.2. The zero-order chi connectivity index (χ0) is 14.8. The third kappa shape index (κ3) is 3.10. The molecular weight excluding hydrogens is 302 g/mol. The average molecular weight is 321 g/mol. The molecule has 21 heavy (non-hydrogen) atoms. The molecule has 1 saturated heterocycles. The van der Waals surface area contributed by atoms with Gasteiger partial charge in [-0.15, -0.1) is 11.3 Å². The van der Waals surface area contributed by atoms with Crippen molar-refractivity contribution >= 4 is 34.0 Å². The predicted molar refractivity (Wildman–Crippen MR) is 88.0 cm³/mol. The largest absolute Gasteiger partial charge is 0.315 e. The van der Waals surface area contributed by atoms with E-state index in [1.807, 2.05) is 0 Å². The minimum atomic E-state index is -0.145. The second-order valence-electron chi connectivity index (χ2n) is 5.74. The summed E-state index contributed by atoms with van der Waals surface area (Å²) in [6.45, 7) is 3.11. The van der Waals surface area contributed by atoms with Gasteiger partial charge in [-0.05, 0) is 30.7 Å². The number of nitriles is 1. The summed E-state index contributed by atoms with van der Waals surface area (Å²) >= 11 is 3.39. The molecule has 2 N–H and O–H groups in total. The first kappa shape index (κ1) is 14.9. The van der Waals surface area contributed by atoms with E-state index in [1.165, 1.54) is 10.4 Å². The topological polar surface area (TPSA) is 64.9 Å². The Hall–Kier alpha value is -1.03. The number of amides is 1. The Morgan fingerprint density at radius 1 is 1.52 bits per heavy atom. The van der Waals surface area contributed by atoms with Crippen LogP contribution in [0, 0.1) is 17.2 Å². The molecule has 1 aromatic heterocycles. The Morgan fingerprint density at radius 3 is 3.10 bits per heavy atom. The van der Waals surface area contributed by atoms with E-state index in [0.29, 0.717) is 11.5 Å². The van der Waals surface area contributed by atoms with Gasteiger partial charge in [0.25, 0.3) is 0 Å². The molecule has 6 heteroatoms. The maximum Gasteiger partial charge on any atom is 0.243 e. The summed E-state index contributed by atoms with van der Waals surface area (Å²) in [6, 6.07) is 2.15. The first-order valence-electron chi connectivity index (χ1n) is 7.35. The number of nitrogens with one attached hydrogen (secondary N) is 2. The summed E-state index contributed by atoms with van der Waals surface area (Å²) in [5.74, 6) is 2.52. The molecule has 1 aromatic rings. The number of carbonyl (C=O) groups is 1. The van der Waals surface area contributed by atoms with Crippen LogP contribution in [0.15, 0.2) is 0 Å². The van der Waals surface area contributed by atoms with Gasteiger partial charge in [0.1, 0.15) is 11.1 Å².